The number of nitrogens with one attached hydrogen (secondary N) is 1. The van der Waals surface area contributed by atoms with Crippen LogP contribution in [0.1, 0.15) is 34.6 Å². The number of hydrogen-bond donors (Lipinski definition) is 2. The SMILES string of the molecule is CC(C)C(NC(=O)OC(C)(C)C)[13C](=O)O. The van der Waals surface area contributed by atoms with Gasteiger partial charge in [-0.25, -0.2) is 9.59 Å². The van der Waals surface area contributed by atoms with Crippen LogP contribution in [0.25, 0.3) is 0 Å². The van der Waals surface area contributed by atoms with Crippen LogP contribution in [0.3, 0.4) is 0 Å². The molecule has 0 spiro atoms. The van der Waals surface area contributed by atoms with Gasteiger partial charge in [-0.15, -0.1) is 0 Å². The number of amides is 1. The normalized spacial score (nSPS) is 13.5. The summed E-state index contributed by atoms with van der Waals surface area (Å²) >= 11 is 0. The molecule has 0 aliphatic heterocycles. The minimum absolute atomic E-state index is 0.185. The molecule has 88 valence electrons. The standard InChI is InChI=1S/C10H19NO4/c1-6(2)7(8(12)13)11-9(14)15-10(3,4)5/h6-7H,1-5H3,(H,11,14)(H,12,13)/i8+1. The quantitative estimate of drug-likeness (QED) is 0.706. The van der Waals surface area contributed by atoms with Crippen molar-refractivity contribution in [2.45, 2.75) is 46.3 Å². The third-order valence-electron chi connectivity index (χ3n) is 1.60. The second-order valence-electron chi connectivity index (χ2n) is 4.71. The topological polar surface area (TPSA) is 75.6 Å². The Kier molecular flexibility index (Phi) is 4.58. The van der Waals surface area contributed by atoms with Crippen LogP contribution in [-0.2, 0) is 9.53 Å². The molecule has 2 N–H and O–H groups in total. The predicted octanol–water partition coefficient (Wildman–Crippen LogP) is 1.62. The highest BCUT2D eigenvalue weighted by Crippen LogP contribution is 2.08. The molecule has 0 rings (SSSR count). The fourth-order valence-electron chi connectivity index (χ4n) is 0.948. The molecular weight excluding hydrogens is 199 g/mol. The minimum atomic E-state index is -1.06. The monoisotopic (exact) mass is 218 g/mol. The Balaban J connectivity index is 4.31. The van der Waals surface area contributed by atoms with Crippen molar-refractivity contribution in [3.8, 4) is 0 Å². The van der Waals surface area contributed by atoms with E-state index in [9.17, 15) is 9.59 Å². The van der Waals surface area contributed by atoms with E-state index < -0.39 is 23.7 Å². The number of carbonyl (C=O) groups is 2. The van der Waals surface area contributed by atoms with Gasteiger partial charge in [-0.2, -0.15) is 0 Å². The fourth-order valence-corrected chi connectivity index (χ4v) is 0.948. The van der Waals surface area contributed by atoms with Crippen LogP contribution >= 0.6 is 0 Å². The van der Waals surface area contributed by atoms with Gasteiger partial charge in [-0.05, 0) is 26.7 Å². The zero-order valence-electron chi connectivity index (χ0n) is 9.83. The van der Waals surface area contributed by atoms with E-state index in [4.69, 9.17) is 9.84 Å². The van der Waals surface area contributed by atoms with Crippen LogP contribution in [0.2, 0.25) is 0 Å². The average Bonchev–Trinajstić information content (AvgIpc) is 1.95. The van der Waals surface area contributed by atoms with Gasteiger partial charge >= 0.3 is 12.1 Å². The lowest BCUT2D eigenvalue weighted by Crippen LogP contribution is -2.46. The van der Waals surface area contributed by atoms with Gasteiger partial charge in [-0.3, -0.25) is 0 Å². The summed E-state index contributed by atoms with van der Waals surface area (Å²) in [5, 5.41) is 11.1. The van der Waals surface area contributed by atoms with Crippen LogP contribution in [0.4, 0.5) is 4.79 Å². The van der Waals surface area contributed by atoms with Gasteiger partial charge in [0.2, 0.25) is 0 Å². The third-order valence-corrected chi connectivity index (χ3v) is 1.60. The first-order valence-electron chi connectivity index (χ1n) is 4.86. The van der Waals surface area contributed by atoms with Gasteiger partial charge in [0.1, 0.15) is 11.6 Å². The Morgan fingerprint density at radius 1 is 1.27 bits per heavy atom. The Labute approximate surface area is 89.8 Å². The van der Waals surface area contributed by atoms with E-state index in [2.05, 4.69) is 5.32 Å². The van der Waals surface area contributed by atoms with Gasteiger partial charge in [0, 0.05) is 0 Å². The van der Waals surface area contributed by atoms with Gasteiger partial charge in [-0.1, -0.05) is 13.8 Å². The molecule has 0 aliphatic rings. The molecule has 5 nitrogen and oxygen atoms in total. The molecule has 0 aromatic carbocycles. The van der Waals surface area contributed by atoms with Crippen LogP contribution in [0.15, 0.2) is 0 Å². The highest BCUT2D eigenvalue weighted by Gasteiger charge is 2.26. The van der Waals surface area contributed by atoms with Crippen LogP contribution in [0, 0.1) is 5.92 Å². The van der Waals surface area contributed by atoms with E-state index in [1.54, 1.807) is 34.6 Å². The highest BCUT2D eigenvalue weighted by molar-refractivity contribution is 5.80. The van der Waals surface area contributed by atoms with Crippen molar-refractivity contribution in [3.63, 3.8) is 0 Å². The Bertz CT molecular complexity index is 242. The van der Waals surface area contributed by atoms with E-state index in [1.807, 2.05) is 0 Å². The summed E-state index contributed by atoms with van der Waals surface area (Å²) in [4.78, 5) is 22.1. The van der Waals surface area contributed by atoms with Crippen molar-refractivity contribution in [1.82, 2.24) is 5.32 Å². The second-order valence-corrected chi connectivity index (χ2v) is 4.71. The van der Waals surface area contributed by atoms with Crippen LogP contribution in [0.5, 0.6) is 0 Å². The predicted molar refractivity (Wildman–Crippen MR) is 55.6 cm³/mol. The molecule has 1 amide bonds. The first kappa shape index (κ1) is 13.7. The number of carboxylic acid groups (broad SMARTS) is 1. The van der Waals surface area contributed by atoms with Gasteiger partial charge in [0.25, 0.3) is 0 Å². The Morgan fingerprint density at radius 2 is 1.73 bits per heavy atom. The van der Waals surface area contributed by atoms with Gasteiger partial charge in [0.05, 0.1) is 0 Å². The lowest BCUT2D eigenvalue weighted by atomic mass is 10.1. The molecule has 0 radical (unpaired) electrons. The second kappa shape index (κ2) is 5.00. The smallest absolute Gasteiger partial charge is 0.408 e. The molecule has 0 aliphatic carbocycles. The van der Waals surface area contributed by atoms with E-state index in [0.717, 1.165) is 0 Å². The number of rotatable bonds is 3. The summed E-state index contributed by atoms with van der Waals surface area (Å²) in [6, 6.07) is -0.917. The zero-order chi connectivity index (χ0) is 12.2. The number of carboxylic acids is 1. The Hall–Kier alpha value is -1.26. The molecule has 0 saturated heterocycles. The minimum Gasteiger partial charge on any atom is -0.480 e. The summed E-state index contributed by atoms with van der Waals surface area (Å²) in [5.74, 6) is -1.24. The van der Waals surface area contributed by atoms with Crippen molar-refractivity contribution in [2.24, 2.45) is 5.92 Å². The van der Waals surface area contributed by atoms with Crippen molar-refractivity contribution in [1.29, 1.82) is 0 Å². The first-order chi connectivity index (χ1) is 6.63. The van der Waals surface area contributed by atoms with E-state index in [-0.39, 0.29) is 5.92 Å². The van der Waals surface area contributed by atoms with E-state index in [0.29, 0.717) is 0 Å². The summed E-state index contributed by atoms with van der Waals surface area (Å²) in [7, 11) is 0. The summed E-state index contributed by atoms with van der Waals surface area (Å²) in [6.45, 7) is 8.60. The van der Waals surface area contributed by atoms with Gasteiger partial charge < -0.3 is 15.2 Å². The lowest BCUT2D eigenvalue weighted by Gasteiger charge is -2.23. The molecule has 5 heteroatoms. The maximum absolute atomic E-state index is 11.3. The number of carbonyl (C=O) groups excluding carboxylic acids is 1. The molecule has 15 heavy (non-hydrogen) atoms. The molecule has 0 fully saturated rings. The van der Waals surface area contributed by atoms with Crippen molar-refractivity contribution < 1.29 is 19.4 Å². The number of ether oxygens (including phenoxy) is 1. The molecule has 1 atom stereocenters. The first-order valence-corrected chi connectivity index (χ1v) is 4.86. The molecule has 0 aromatic rings. The fraction of sp³-hybridized carbons (Fsp3) is 0.800. The highest BCUT2D eigenvalue weighted by atomic mass is 16.6. The Morgan fingerprint density at radius 3 is 2.00 bits per heavy atom. The average molecular weight is 218 g/mol. The summed E-state index contributed by atoms with van der Waals surface area (Å²) in [5.41, 5.74) is -0.621. The van der Waals surface area contributed by atoms with E-state index in [1.165, 1.54) is 0 Å². The lowest BCUT2D eigenvalue weighted by molar-refractivity contribution is -0.140. The molecule has 0 saturated carbocycles. The maximum atomic E-state index is 11.3. The van der Waals surface area contributed by atoms with E-state index >= 15 is 0 Å². The molecule has 0 heterocycles. The number of hydrogen-bond acceptors (Lipinski definition) is 3. The number of aliphatic carboxylic acids is 1. The molecular formula is C10H19NO4. The molecule has 1 unspecified atom stereocenters. The van der Waals surface area contributed by atoms with Crippen molar-refractivity contribution >= 4 is 12.1 Å². The number of alkyl carbamates (subject to hydrolysis) is 1. The van der Waals surface area contributed by atoms with Crippen molar-refractivity contribution in [3.05, 3.63) is 0 Å². The zero-order valence-corrected chi connectivity index (χ0v) is 9.83. The van der Waals surface area contributed by atoms with Gasteiger partial charge in [0.15, 0.2) is 0 Å². The van der Waals surface area contributed by atoms with Crippen LogP contribution in [-0.4, -0.2) is 28.8 Å². The van der Waals surface area contributed by atoms with Crippen LogP contribution < -0.4 is 5.32 Å². The maximum Gasteiger partial charge on any atom is 0.408 e. The summed E-state index contributed by atoms with van der Waals surface area (Å²) < 4.78 is 4.96. The third kappa shape index (κ3) is 5.93. The largest absolute Gasteiger partial charge is 0.480 e. The van der Waals surface area contributed by atoms with Crippen molar-refractivity contribution in [2.75, 3.05) is 0 Å². The molecule has 0 aromatic heterocycles. The summed E-state index contributed by atoms with van der Waals surface area (Å²) in [6.07, 6.45) is -0.705. The molecule has 0 bridgehead atoms.